The van der Waals surface area contributed by atoms with Crippen molar-refractivity contribution in [1.29, 1.82) is 0 Å². The average Bonchev–Trinajstić information content (AvgIpc) is 3.16. The molecule has 0 saturated carbocycles. The summed E-state index contributed by atoms with van der Waals surface area (Å²) >= 11 is 0. The van der Waals surface area contributed by atoms with E-state index in [1.54, 1.807) is 18.6 Å². The lowest BCUT2D eigenvalue weighted by Crippen LogP contribution is -2.33. The van der Waals surface area contributed by atoms with Gasteiger partial charge in [-0.05, 0) is 12.0 Å². The van der Waals surface area contributed by atoms with E-state index in [9.17, 15) is 0 Å². The van der Waals surface area contributed by atoms with E-state index in [2.05, 4.69) is 50.5 Å². The lowest BCUT2D eigenvalue weighted by Gasteiger charge is -2.23. The van der Waals surface area contributed by atoms with Crippen LogP contribution in [0.15, 0.2) is 48.9 Å². The highest BCUT2D eigenvalue weighted by atomic mass is 16.5. The Labute approximate surface area is 136 Å². The van der Waals surface area contributed by atoms with E-state index in [4.69, 9.17) is 4.74 Å². The van der Waals surface area contributed by atoms with Crippen LogP contribution < -0.4 is 5.32 Å². The zero-order valence-corrected chi connectivity index (χ0v) is 13.2. The summed E-state index contributed by atoms with van der Waals surface area (Å²) in [5.74, 6) is 0.831. The Bertz CT molecular complexity index is 576. The highest BCUT2D eigenvalue weighted by molar-refractivity contribution is 5.32. The number of ether oxygens (including phenoxy) is 1. The maximum atomic E-state index is 6.20. The van der Waals surface area contributed by atoms with Crippen molar-refractivity contribution >= 4 is 5.82 Å². The zero-order chi connectivity index (χ0) is 15.5. The Hall–Kier alpha value is -1.98. The molecule has 120 valence electrons. The highest BCUT2D eigenvalue weighted by Gasteiger charge is 2.45. The summed E-state index contributed by atoms with van der Waals surface area (Å²) in [5.41, 5.74) is 1.38. The largest absolute Gasteiger partial charge is 0.371 e. The Balaban J connectivity index is 1.34. The molecule has 2 aliphatic heterocycles. The van der Waals surface area contributed by atoms with Crippen LogP contribution in [0, 0.1) is 0 Å². The molecule has 0 radical (unpaired) electrons. The molecule has 0 unspecified atom stereocenters. The molecule has 4 rings (SSSR count). The standard InChI is InChI=1S/C18H22N4O/c1-2-4-15(5-3-1)12-22-9-6-18(14-22)10-16(13-23-18)21-17-11-19-7-8-20-17/h1-5,7-8,11,16H,6,9-10,12-14H2,(H,20,21)/t16-,18+/m1/s1. The first kappa shape index (κ1) is 14.6. The van der Waals surface area contributed by atoms with Crippen LogP contribution >= 0.6 is 0 Å². The van der Waals surface area contributed by atoms with Gasteiger partial charge in [0.2, 0.25) is 0 Å². The number of rotatable bonds is 4. The van der Waals surface area contributed by atoms with Crippen molar-refractivity contribution in [3.63, 3.8) is 0 Å². The molecule has 1 aromatic carbocycles. The van der Waals surface area contributed by atoms with Gasteiger partial charge in [0.05, 0.1) is 24.4 Å². The van der Waals surface area contributed by atoms with E-state index in [-0.39, 0.29) is 5.60 Å². The minimum atomic E-state index is 0.00859. The number of anilines is 1. The van der Waals surface area contributed by atoms with Crippen LogP contribution in [0.3, 0.4) is 0 Å². The van der Waals surface area contributed by atoms with Crippen molar-refractivity contribution in [2.45, 2.75) is 31.0 Å². The first-order chi connectivity index (χ1) is 11.3. The first-order valence-electron chi connectivity index (χ1n) is 8.24. The molecule has 0 bridgehead atoms. The molecule has 0 aliphatic carbocycles. The van der Waals surface area contributed by atoms with Gasteiger partial charge < -0.3 is 10.1 Å². The molecular formula is C18H22N4O. The van der Waals surface area contributed by atoms with Crippen LogP contribution in [0.4, 0.5) is 5.82 Å². The second-order valence-electron chi connectivity index (χ2n) is 6.58. The molecule has 2 atom stereocenters. The van der Waals surface area contributed by atoms with Crippen molar-refractivity contribution < 1.29 is 4.74 Å². The van der Waals surface area contributed by atoms with Gasteiger partial charge in [-0.3, -0.25) is 9.88 Å². The molecule has 0 amide bonds. The molecule has 1 aromatic heterocycles. The number of benzene rings is 1. The van der Waals surface area contributed by atoms with Crippen LogP contribution in [0.25, 0.3) is 0 Å². The summed E-state index contributed by atoms with van der Waals surface area (Å²) in [7, 11) is 0. The van der Waals surface area contributed by atoms with E-state index >= 15 is 0 Å². The fourth-order valence-corrected chi connectivity index (χ4v) is 3.71. The molecule has 2 fully saturated rings. The average molecular weight is 310 g/mol. The maximum absolute atomic E-state index is 6.20. The number of hydrogen-bond donors (Lipinski definition) is 1. The van der Waals surface area contributed by atoms with Gasteiger partial charge in [-0.1, -0.05) is 30.3 Å². The van der Waals surface area contributed by atoms with E-state index in [1.165, 1.54) is 5.56 Å². The third-order valence-corrected chi connectivity index (χ3v) is 4.77. The molecule has 2 saturated heterocycles. The minimum Gasteiger partial charge on any atom is -0.371 e. The summed E-state index contributed by atoms with van der Waals surface area (Å²) in [6.07, 6.45) is 7.32. The number of nitrogens with one attached hydrogen (secondary N) is 1. The van der Waals surface area contributed by atoms with Crippen molar-refractivity contribution in [2.75, 3.05) is 25.0 Å². The summed E-state index contributed by atoms with van der Waals surface area (Å²) in [6.45, 7) is 3.87. The van der Waals surface area contributed by atoms with Crippen LogP contribution in [0.1, 0.15) is 18.4 Å². The molecule has 2 aliphatic rings. The van der Waals surface area contributed by atoms with E-state index < -0.39 is 0 Å². The topological polar surface area (TPSA) is 50.3 Å². The maximum Gasteiger partial charge on any atom is 0.144 e. The number of hydrogen-bond acceptors (Lipinski definition) is 5. The van der Waals surface area contributed by atoms with Crippen LogP contribution in [0.2, 0.25) is 0 Å². The summed E-state index contributed by atoms with van der Waals surface area (Å²) < 4.78 is 6.20. The van der Waals surface area contributed by atoms with Crippen LogP contribution in [0.5, 0.6) is 0 Å². The van der Waals surface area contributed by atoms with Crippen LogP contribution in [-0.2, 0) is 11.3 Å². The van der Waals surface area contributed by atoms with E-state index in [1.807, 2.05) is 0 Å². The van der Waals surface area contributed by atoms with Crippen LogP contribution in [-0.4, -0.2) is 46.2 Å². The molecule has 3 heterocycles. The molecule has 1 N–H and O–H groups in total. The first-order valence-corrected chi connectivity index (χ1v) is 8.24. The SMILES string of the molecule is c1ccc(CN2CC[C@]3(C[C@@H](Nc4cnccn4)CO3)C2)cc1. The predicted octanol–water partition coefficient (Wildman–Crippen LogP) is 2.32. The van der Waals surface area contributed by atoms with Gasteiger partial charge in [-0.15, -0.1) is 0 Å². The third kappa shape index (κ3) is 3.35. The van der Waals surface area contributed by atoms with Crippen molar-refractivity contribution in [3.05, 3.63) is 54.5 Å². The lowest BCUT2D eigenvalue weighted by atomic mass is 9.97. The van der Waals surface area contributed by atoms with E-state index in [0.29, 0.717) is 6.04 Å². The summed E-state index contributed by atoms with van der Waals surface area (Å²) in [5, 5.41) is 3.44. The number of likely N-dealkylation sites (tertiary alicyclic amines) is 1. The minimum absolute atomic E-state index is 0.00859. The van der Waals surface area contributed by atoms with E-state index in [0.717, 1.165) is 44.9 Å². The van der Waals surface area contributed by atoms with Gasteiger partial charge in [0.1, 0.15) is 5.82 Å². The molecule has 1 spiro atoms. The second kappa shape index (κ2) is 6.26. The third-order valence-electron chi connectivity index (χ3n) is 4.77. The Morgan fingerprint density at radius 2 is 2.17 bits per heavy atom. The Morgan fingerprint density at radius 1 is 1.26 bits per heavy atom. The number of nitrogens with zero attached hydrogens (tertiary/aromatic N) is 3. The monoisotopic (exact) mass is 310 g/mol. The summed E-state index contributed by atoms with van der Waals surface area (Å²) in [4.78, 5) is 10.9. The lowest BCUT2D eigenvalue weighted by molar-refractivity contribution is 0.0120. The quantitative estimate of drug-likeness (QED) is 0.939. The fraction of sp³-hybridized carbons (Fsp3) is 0.444. The molecule has 5 nitrogen and oxygen atoms in total. The highest BCUT2D eigenvalue weighted by Crippen LogP contribution is 2.36. The van der Waals surface area contributed by atoms with Gasteiger partial charge >= 0.3 is 0 Å². The summed E-state index contributed by atoms with van der Waals surface area (Å²) in [6, 6.07) is 11.0. The number of aromatic nitrogens is 2. The molecular weight excluding hydrogens is 288 g/mol. The molecule has 2 aromatic rings. The molecule has 23 heavy (non-hydrogen) atoms. The van der Waals surface area contributed by atoms with Gasteiger partial charge in [-0.25, -0.2) is 4.98 Å². The van der Waals surface area contributed by atoms with Gasteiger partial charge in [0.15, 0.2) is 0 Å². The smallest absolute Gasteiger partial charge is 0.144 e. The van der Waals surface area contributed by atoms with Crippen molar-refractivity contribution in [1.82, 2.24) is 14.9 Å². The predicted molar refractivity (Wildman–Crippen MR) is 89.1 cm³/mol. The van der Waals surface area contributed by atoms with Crippen molar-refractivity contribution in [2.24, 2.45) is 0 Å². The Morgan fingerprint density at radius 3 is 3.00 bits per heavy atom. The molecule has 5 heteroatoms. The fourth-order valence-electron chi connectivity index (χ4n) is 3.71. The van der Waals surface area contributed by atoms with Gasteiger partial charge in [0, 0.05) is 38.4 Å². The van der Waals surface area contributed by atoms with Crippen molar-refractivity contribution in [3.8, 4) is 0 Å². The van der Waals surface area contributed by atoms with Gasteiger partial charge in [0.25, 0.3) is 0 Å². The normalized spacial score (nSPS) is 27.6. The van der Waals surface area contributed by atoms with Gasteiger partial charge in [-0.2, -0.15) is 0 Å². The second-order valence-corrected chi connectivity index (χ2v) is 6.58. The Kier molecular flexibility index (Phi) is 3.97. The zero-order valence-electron chi connectivity index (χ0n) is 13.2.